The van der Waals surface area contributed by atoms with E-state index in [9.17, 15) is 14.4 Å². The minimum absolute atomic E-state index is 0.0554. The highest BCUT2D eigenvalue weighted by molar-refractivity contribution is 6.32. The van der Waals surface area contributed by atoms with Crippen LogP contribution in [0.3, 0.4) is 0 Å². The third-order valence-electron chi connectivity index (χ3n) is 5.58. The highest BCUT2D eigenvalue weighted by Crippen LogP contribution is 2.35. The number of imide groups is 1. The second kappa shape index (κ2) is 7.71. The molecule has 0 fully saturated rings. The van der Waals surface area contributed by atoms with Gasteiger partial charge in [-0.05, 0) is 47.2 Å². The number of benzene rings is 2. The summed E-state index contributed by atoms with van der Waals surface area (Å²) in [6.07, 6.45) is 0. The number of carbonyl (C=O) groups excluding carboxylic acids is 3. The van der Waals surface area contributed by atoms with Crippen molar-refractivity contribution in [3.63, 3.8) is 0 Å². The smallest absolute Gasteiger partial charge is 0.267 e. The van der Waals surface area contributed by atoms with Gasteiger partial charge in [-0.3, -0.25) is 24.8 Å². The molecule has 0 atom stereocenters. The van der Waals surface area contributed by atoms with Gasteiger partial charge in [-0.1, -0.05) is 58.4 Å². The highest BCUT2D eigenvalue weighted by atomic mass is 35.5. The molecular formula is C25H24ClN3O3. The fourth-order valence-electron chi connectivity index (χ4n) is 3.82. The molecule has 2 heterocycles. The molecule has 164 valence electrons. The van der Waals surface area contributed by atoms with E-state index >= 15 is 0 Å². The van der Waals surface area contributed by atoms with Crippen molar-refractivity contribution in [3.8, 4) is 0 Å². The average molecular weight is 450 g/mol. The van der Waals surface area contributed by atoms with Crippen molar-refractivity contribution in [2.24, 2.45) is 0 Å². The Bertz CT molecular complexity index is 1270. The summed E-state index contributed by atoms with van der Waals surface area (Å²) in [4.78, 5) is 44.0. The fourth-order valence-corrected chi connectivity index (χ4v) is 3.99. The van der Waals surface area contributed by atoms with Crippen LogP contribution in [0.1, 0.15) is 82.9 Å². The van der Waals surface area contributed by atoms with Gasteiger partial charge in [0, 0.05) is 16.0 Å². The molecule has 6 nitrogen and oxygen atoms in total. The number of nitrogens with zero attached hydrogens (tertiary/aromatic N) is 2. The Labute approximate surface area is 191 Å². The van der Waals surface area contributed by atoms with Crippen LogP contribution < -0.4 is 5.43 Å². The number of aromatic nitrogens is 1. The highest BCUT2D eigenvalue weighted by Gasteiger charge is 2.41. The van der Waals surface area contributed by atoms with Crippen LogP contribution in [-0.2, 0) is 5.41 Å². The van der Waals surface area contributed by atoms with Gasteiger partial charge in [0.1, 0.15) is 0 Å². The molecule has 1 aliphatic heterocycles. The van der Waals surface area contributed by atoms with Gasteiger partial charge in [0.25, 0.3) is 17.7 Å². The molecule has 32 heavy (non-hydrogen) atoms. The van der Waals surface area contributed by atoms with E-state index in [1.165, 1.54) is 0 Å². The van der Waals surface area contributed by atoms with Crippen molar-refractivity contribution >= 4 is 40.2 Å². The molecule has 2 aromatic carbocycles. The van der Waals surface area contributed by atoms with Crippen LogP contribution in [0.5, 0.6) is 0 Å². The summed E-state index contributed by atoms with van der Waals surface area (Å²) in [7, 11) is 0. The number of hydrazine groups is 1. The maximum atomic E-state index is 13.3. The molecule has 3 amide bonds. The largest absolute Gasteiger partial charge is 0.282 e. The predicted molar refractivity (Wildman–Crippen MR) is 124 cm³/mol. The van der Waals surface area contributed by atoms with Gasteiger partial charge in [0.05, 0.1) is 22.3 Å². The van der Waals surface area contributed by atoms with Crippen LogP contribution >= 0.6 is 11.6 Å². The lowest BCUT2D eigenvalue weighted by atomic mass is 9.87. The zero-order valence-electron chi connectivity index (χ0n) is 18.6. The second-order valence-electron chi connectivity index (χ2n) is 9.28. The monoisotopic (exact) mass is 449 g/mol. The van der Waals surface area contributed by atoms with Gasteiger partial charge in [-0.2, -0.15) is 5.01 Å². The maximum absolute atomic E-state index is 13.3. The molecule has 0 bridgehead atoms. The van der Waals surface area contributed by atoms with E-state index in [0.717, 1.165) is 10.6 Å². The number of fused-ring (bicyclic) bond motifs is 3. The number of hydrogen-bond acceptors (Lipinski definition) is 4. The van der Waals surface area contributed by atoms with Gasteiger partial charge < -0.3 is 0 Å². The van der Waals surface area contributed by atoms with Gasteiger partial charge in [0.2, 0.25) is 0 Å². The van der Waals surface area contributed by atoms with Crippen LogP contribution in [0, 0.1) is 0 Å². The minimum atomic E-state index is -0.596. The van der Waals surface area contributed by atoms with Gasteiger partial charge >= 0.3 is 0 Å². The number of nitrogens with one attached hydrogen (secondary N) is 1. The van der Waals surface area contributed by atoms with Gasteiger partial charge in [-0.15, -0.1) is 0 Å². The Kier molecular flexibility index (Phi) is 5.29. The topological polar surface area (TPSA) is 79.4 Å². The molecule has 1 aliphatic rings. The minimum Gasteiger partial charge on any atom is -0.267 e. The third-order valence-corrected chi connectivity index (χ3v) is 5.82. The molecule has 0 saturated heterocycles. The average Bonchev–Trinajstić information content (AvgIpc) is 2.98. The molecule has 0 spiro atoms. The van der Waals surface area contributed by atoms with E-state index in [2.05, 4.69) is 31.2 Å². The van der Waals surface area contributed by atoms with Crippen molar-refractivity contribution in [2.75, 3.05) is 0 Å². The summed E-state index contributed by atoms with van der Waals surface area (Å²) in [5.74, 6) is -1.83. The molecule has 4 rings (SSSR count). The quantitative estimate of drug-likeness (QED) is 0.554. The number of pyridine rings is 1. The SMILES string of the molecule is CC(C)c1nc2ccc(Cl)cc2c2c1C(=O)N(NC(=O)c1ccc(C(C)(C)C)cc1)C2=O. The lowest BCUT2D eigenvalue weighted by Crippen LogP contribution is -2.46. The molecule has 3 aromatic rings. The Balaban J connectivity index is 1.72. The van der Waals surface area contributed by atoms with Crippen molar-refractivity contribution in [1.82, 2.24) is 15.4 Å². The molecule has 1 aromatic heterocycles. The summed E-state index contributed by atoms with van der Waals surface area (Å²) in [6, 6.07) is 12.1. The van der Waals surface area contributed by atoms with Crippen molar-refractivity contribution in [2.45, 2.75) is 46.0 Å². The zero-order valence-corrected chi connectivity index (χ0v) is 19.4. The first-order valence-corrected chi connectivity index (χ1v) is 10.8. The third kappa shape index (κ3) is 3.65. The number of hydrogen-bond donors (Lipinski definition) is 1. The molecule has 0 aliphatic carbocycles. The van der Waals surface area contributed by atoms with E-state index in [0.29, 0.717) is 27.2 Å². The van der Waals surface area contributed by atoms with Crippen molar-refractivity contribution < 1.29 is 14.4 Å². The summed E-state index contributed by atoms with van der Waals surface area (Å²) in [5, 5.41) is 1.69. The van der Waals surface area contributed by atoms with Gasteiger partial charge in [0.15, 0.2) is 0 Å². The fraction of sp³-hybridized carbons (Fsp3) is 0.280. The Morgan fingerprint density at radius 1 is 1.00 bits per heavy atom. The predicted octanol–water partition coefficient (Wildman–Crippen LogP) is 5.25. The van der Waals surface area contributed by atoms with E-state index in [4.69, 9.17) is 11.6 Å². The number of halogens is 1. The van der Waals surface area contributed by atoms with Crippen LogP contribution in [0.15, 0.2) is 42.5 Å². The number of rotatable bonds is 3. The summed E-state index contributed by atoms with van der Waals surface area (Å²) >= 11 is 6.14. The molecule has 1 N–H and O–H groups in total. The number of amides is 3. The van der Waals surface area contributed by atoms with Crippen LogP contribution in [-0.4, -0.2) is 27.7 Å². The lowest BCUT2D eigenvalue weighted by molar-refractivity contribution is 0.0518. The molecule has 0 saturated carbocycles. The molecule has 7 heteroatoms. The normalized spacial score (nSPS) is 13.8. The lowest BCUT2D eigenvalue weighted by Gasteiger charge is -2.19. The Morgan fingerprint density at radius 2 is 1.62 bits per heavy atom. The van der Waals surface area contributed by atoms with Gasteiger partial charge in [-0.25, -0.2) is 0 Å². The van der Waals surface area contributed by atoms with Crippen molar-refractivity contribution in [1.29, 1.82) is 0 Å². The molecule has 0 unspecified atom stereocenters. The Morgan fingerprint density at radius 3 is 2.22 bits per heavy atom. The summed E-state index contributed by atoms with van der Waals surface area (Å²) in [6.45, 7) is 10.0. The first kappa shape index (κ1) is 22.0. The first-order valence-electron chi connectivity index (χ1n) is 10.4. The number of carbonyl (C=O) groups is 3. The first-order chi connectivity index (χ1) is 15.0. The summed E-state index contributed by atoms with van der Waals surface area (Å²) < 4.78 is 0. The Hall–Kier alpha value is -3.25. The van der Waals surface area contributed by atoms with E-state index in [1.54, 1.807) is 30.3 Å². The van der Waals surface area contributed by atoms with Crippen LogP contribution in [0.25, 0.3) is 10.9 Å². The second-order valence-corrected chi connectivity index (χ2v) is 9.71. The zero-order chi connectivity index (χ0) is 23.4. The van der Waals surface area contributed by atoms with E-state index in [1.807, 2.05) is 26.0 Å². The van der Waals surface area contributed by atoms with E-state index in [-0.39, 0.29) is 22.5 Å². The van der Waals surface area contributed by atoms with E-state index < -0.39 is 17.7 Å². The summed E-state index contributed by atoms with van der Waals surface area (Å²) in [5.41, 5.74) is 5.37. The maximum Gasteiger partial charge on any atom is 0.282 e. The van der Waals surface area contributed by atoms with Crippen LogP contribution in [0.2, 0.25) is 5.02 Å². The van der Waals surface area contributed by atoms with Crippen molar-refractivity contribution in [3.05, 3.63) is 75.4 Å². The standard InChI is InChI=1S/C25H24ClN3O3/c1-13(2)21-20-19(17-12-16(26)10-11-18(17)27-21)23(31)29(24(20)32)28-22(30)14-6-8-15(9-7-14)25(3,4)5/h6-13H,1-5H3,(H,28,30). The molecule has 0 radical (unpaired) electrons. The molecular weight excluding hydrogens is 426 g/mol. The van der Waals surface area contributed by atoms with Crippen LogP contribution in [0.4, 0.5) is 0 Å².